The Balaban J connectivity index is 1.44. The van der Waals surface area contributed by atoms with Crippen LogP contribution in [0.1, 0.15) is 17.8 Å². The zero-order valence-corrected chi connectivity index (χ0v) is 18.1. The maximum atomic E-state index is 12.8. The van der Waals surface area contributed by atoms with Gasteiger partial charge in [0.2, 0.25) is 5.91 Å². The molecule has 0 unspecified atom stereocenters. The number of ether oxygens (including phenoxy) is 1. The topological polar surface area (TPSA) is 90.5 Å². The second-order valence-corrected chi connectivity index (χ2v) is 7.49. The molecule has 0 saturated carbocycles. The molecule has 8 nitrogen and oxygen atoms in total. The Morgan fingerprint density at radius 2 is 1.84 bits per heavy atom. The molecule has 2 heterocycles. The minimum Gasteiger partial charge on any atom is -0.497 e. The van der Waals surface area contributed by atoms with E-state index in [0.717, 1.165) is 24.2 Å². The van der Waals surface area contributed by atoms with Gasteiger partial charge in [0.05, 0.1) is 12.8 Å². The summed E-state index contributed by atoms with van der Waals surface area (Å²) in [6, 6.07) is 19.3. The quantitative estimate of drug-likeness (QED) is 0.433. The van der Waals surface area contributed by atoms with Crippen molar-refractivity contribution >= 4 is 11.6 Å². The number of amides is 1. The van der Waals surface area contributed by atoms with E-state index < -0.39 is 0 Å². The predicted octanol–water partition coefficient (Wildman–Crippen LogP) is 2.62. The van der Waals surface area contributed by atoms with Crippen molar-refractivity contribution in [3.05, 3.63) is 82.5 Å². The molecule has 0 aliphatic rings. The van der Waals surface area contributed by atoms with E-state index in [2.05, 4.69) is 27.5 Å². The van der Waals surface area contributed by atoms with Gasteiger partial charge < -0.3 is 10.1 Å². The molecular weight excluding hydrogens is 406 g/mol. The summed E-state index contributed by atoms with van der Waals surface area (Å²) in [6.07, 6.45) is 1.71. The average molecular weight is 431 g/mol. The smallest absolute Gasteiger partial charge is 0.352 e. The van der Waals surface area contributed by atoms with Crippen molar-refractivity contribution in [2.24, 2.45) is 0 Å². The summed E-state index contributed by atoms with van der Waals surface area (Å²) in [5.74, 6) is 1.01. The molecule has 8 heteroatoms. The van der Waals surface area contributed by atoms with Gasteiger partial charge in [-0.15, -0.1) is 5.10 Å². The molecule has 0 aliphatic heterocycles. The Hall–Kier alpha value is -3.94. The highest BCUT2D eigenvalue weighted by Gasteiger charge is 2.14. The first-order valence-corrected chi connectivity index (χ1v) is 10.5. The van der Waals surface area contributed by atoms with Gasteiger partial charge in [-0.3, -0.25) is 4.79 Å². The lowest BCUT2D eigenvalue weighted by molar-refractivity contribution is -0.121. The highest BCUT2D eigenvalue weighted by atomic mass is 16.5. The minimum absolute atomic E-state index is 0.136. The molecule has 0 saturated heterocycles. The van der Waals surface area contributed by atoms with E-state index in [-0.39, 0.29) is 18.1 Å². The summed E-state index contributed by atoms with van der Waals surface area (Å²) in [6.45, 7) is 2.15. The number of aromatic nitrogens is 4. The van der Waals surface area contributed by atoms with Gasteiger partial charge in [0.25, 0.3) is 0 Å². The predicted molar refractivity (Wildman–Crippen MR) is 122 cm³/mol. The number of hydrogen-bond acceptors (Lipinski definition) is 5. The van der Waals surface area contributed by atoms with E-state index >= 15 is 0 Å². The lowest BCUT2D eigenvalue weighted by atomic mass is 10.1. The number of methoxy groups -OCH3 is 1. The second kappa shape index (κ2) is 9.47. The van der Waals surface area contributed by atoms with Crippen LogP contribution >= 0.6 is 0 Å². The SMILES string of the molecule is COc1ccc(-c2cc3nn(CC(=O)NCCCc4ccccc4)c(=O)n3c(C)n2)cc1. The molecule has 4 aromatic rings. The van der Waals surface area contributed by atoms with Crippen LogP contribution in [0.3, 0.4) is 0 Å². The summed E-state index contributed by atoms with van der Waals surface area (Å²) < 4.78 is 7.78. The van der Waals surface area contributed by atoms with Gasteiger partial charge in [0.15, 0.2) is 5.65 Å². The first-order valence-electron chi connectivity index (χ1n) is 10.5. The standard InChI is InChI=1S/C24H25N5O3/c1-17-26-21(19-10-12-20(32-2)13-11-19)15-22-27-28(24(31)29(17)22)16-23(30)25-14-6-9-18-7-4-3-5-8-18/h3-5,7-8,10-13,15H,6,9,14,16H2,1-2H3,(H,25,30). The Morgan fingerprint density at radius 1 is 1.09 bits per heavy atom. The molecule has 0 bridgehead atoms. The van der Waals surface area contributed by atoms with E-state index in [1.807, 2.05) is 42.5 Å². The fourth-order valence-corrected chi connectivity index (χ4v) is 3.57. The maximum absolute atomic E-state index is 12.8. The molecule has 2 aromatic carbocycles. The number of carbonyl (C=O) groups is 1. The Bertz CT molecular complexity index is 1280. The van der Waals surface area contributed by atoms with Crippen LogP contribution in [0.2, 0.25) is 0 Å². The van der Waals surface area contributed by atoms with Crippen LogP contribution in [0.25, 0.3) is 16.9 Å². The summed E-state index contributed by atoms with van der Waals surface area (Å²) >= 11 is 0. The number of nitrogens with one attached hydrogen (secondary N) is 1. The summed E-state index contributed by atoms with van der Waals surface area (Å²) in [5.41, 5.74) is 2.87. The number of fused-ring (bicyclic) bond motifs is 1. The van der Waals surface area contributed by atoms with Crippen LogP contribution in [-0.4, -0.2) is 38.7 Å². The third-order valence-corrected chi connectivity index (χ3v) is 5.22. The van der Waals surface area contributed by atoms with Gasteiger partial charge in [0, 0.05) is 18.2 Å². The van der Waals surface area contributed by atoms with Gasteiger partial charge in [-0.25, -0.2) is 18.9 Å². The zero-order chi connectivity index (χ0) is 22.5. The largest absolute Gasteiger partial charge is 0.497 e. The fourth-order valence-electron chi connectivity index (χ4n) is 3.57. The number of aryl methyl sites for hydroxylation is 2. The van der Waals surface area contributed by atoms with Crippen LogP contribution < -0.4 is 15.7 Å². The van der Waals surface area contributed by atoms with Gasteiger partial charge >= 0.3 is 5.69 Å². The number of hydrogen-bond donors (Lipinski definition) is 1. The molecule has 0 fully saturated rings. The minimum atomic E-state index is -0.384. The first-order chi connectivity index (χ1) is 15.5. The second-order valence-electron chi connectivity index (χ2n) is 7.49. The molecular formula is C24H25N5O3. The Morgan fingerprint density at radius 3 is 2.56 bits per heavy atom. The number of carbonyl (C=O) groups excluding carboxylic acids is 1. The molecule has 164 valence electrons. The van der Waals surface area contributed by atoms with E-state index in [0.29, 0.717) is 23.7 Å². The van der Waals surface area contributed by atoms with E-state index in [1.165, 1.54) is 14.6 Å². The van der Waals surface area contributed by atoms with Gasteiger partial charge in [-0.2, -0.15) is 0 Å². The number of nitrogens with zero attached hydrogens (tertiary/aromatic N) is 4. The molecule has 0 spiro atoms. The lowest BCUT2D eigenvalue weighted by Gasteiger charge is -2.05. The van der Waals surface area contributed by atoms with E-state index in [1.54, 1.807) is 20.1 Å². The van der Waals surface area contributed by atoms with Gasteiger partial charge in [-0.05, 0) is 49.6 Å². The van der Waals surface area contributed by atoms with Crippen molar-refractivity contribution in [1.82, 2.24) is 24.5 Å². The summed E-state index contributed by atoms with van der Waals surface area (Å²) in [5, 5.41) is 7.21. The highest BCUT2D eigenvalue weighted by Crippen LogP contribution is 2.21. The normalized spacial score (nSPS) is 10.9. The molecule has 1 amide bonds. The maximum Gasteiger partial charge on any atom is 0.352 e. The van der Waals surface area contributed by atoms with Crippen molar-refractivity contribution in [2.75, 3.05) is 13.7 Å². The van der Waals surface area contributed by atoms with Gasteiger partial charge in [0.1, 0.15) is 18.1 Å². The molecule has 1 N–H and O–H groups in total. The Kier molecular flexibility index (Phi) is 6.30. The lowest BCUT2D eigenvalue weighted by Crippen LogP contribution is -2.33. The van der Waals surface area contributed by atoms with Gasteiger partial charge in [-0.1, -0.05) is 30.3 Å². The third kappa shape index (κ3) is 4.69. The monoisotopic (exact) mass is 431 g/mol. The summed E-state index contributed by atoms with van der Waals surface area (Å²) in [7, 11) is 1.61. The van der Waals surface area contributed by atoms with Crippen LogP contribution in [0, 0.1) is 6.92 Å². The number of rotatable bonds is 8. The molecule has 2 aromatic heterocycles. The molecule has 32 heavy (non-hydrogen) atoms. The molecule has 0 radical (unpaired) electrons. The highest BCUT2D eigenvalue weighted by molar-refractivity contribution is 5.75. The first kappa shape index (κ1) is 21.3. The Labute approximate surface area is 185 Å². The van der Waals surface area contributed by atoms with Crippen molar-refractivity contribution in [3.8, 4) is 17.0 Å². The van der Waals surface area contributed by atoms with Crippen LogP contribution in [-0.2, 0) is 17.8 Å². The zero-order valence-electron chi connectivity index (χ0n) is 18.1. The van der Waals surface area contributed by atoms with E-state index in [4.69, 9.17) is 4.74 Å². The number of benzene rings is 2. The average Bonchev–Trinajstić information content (AvgIpc) is 3.12. The third-order valence-electron chi connectivity index (χ3n) is 5.22. The molecule has 0 atom stereocenters. The van der Waals surface area contributed by atoms with Crippen LogP contribution in [0.15, 0.2) is 65.5 Å². The van der Waals surface area contributed by atoms with Crippen molar-refractivity contribution in [2.45, 2.75) is 26.3 Å². The molecule has 4 rings (SSSR count). The summed E-state index contributed by atoms with van der Waals surface area (Å²) in [4.78, 5) is 29.6. The van der Waals surface area contributed by atoms with Crippen molar-refractivity contribution in [1.29, 1.82) is 0 Å². The van der Waals surface area contributed by atoms with Crippen LogP contribution in [0.5, 0.6) is 5.75 Å². The van der Waals surface area contributed by atoms with Crippen LogP contribution in [0.4, 0.5) is 0 Å². The van der Waals surface area contributed by atoms with Crippen molar-refractivity contribution < 1.29 is 9.53 Å². The fraction of sp³-hybridized carbons (Fsp3) is 0.250. The molecule has 0 aliphatic carbocycles. The van der Waals surface area contributed by atoms with Crippen molar-refractivity contribution in [3.63, 3.8) is 0 Å². The van der Waals surface area contributed by atoms with E-state index in [9.17, 15) is 9.59 Å².